The van der Waals surface area contributed by atoms with Gasteiger partial charge in [-0.2, -0.15) is 0 Å². The van der Waals surface area contributed by atoms with Crippen LogP contribution in [-0.2, 0) is 0 Å². The molecular weight excluding hydrogens is 314 g/mol. The number of hydrogen-bond donors (Lipinski definition) is 2. The molecular formula is C13H8BrNO2S. The van der Waals surface area contributed by atoms with Crippen LogP contribution >= 0.6 is 27.3 Å². The summed E-state index contributed by atoms with van der Waals surface area (Å²) in [5.74, 6) is 0.0656. The number of phenols is 2. The topological polar surface area (TPSA) is 53.4 Å². The summed E-state index contributed by atoms with van der Waals surface area (Å²) in [6, 6.07) is 10.4. The number of aromatic hydroxyl groups is 2. The molecule has 1 aromatic heterocycles. The lowest BCUT2D eigenvalue weighted by Gasteiger charge is -1.99. The van der Waals surface area contributed by atoms with E-state index in [-0.39, 0.29) is 11.5 Å². The number of hydrogen-bond acceptors (Lipinski definition) is 4. The fourth-order valence-corrected chi connectivity index (χ4v) is 3.02. The van der Waals surface area contributed by atoms with Crippen molar-refractivity contribution in [1.29, 1.82) is 0 Å². The fraction of sp³-hybridized carbons (Fsp3) is 0. The van der Waals surface area contributed by atoms with Crippen molar-refractivity contribution in [2.45, 2.75) is 0 Å². The Morgan fingerprint density at radius 2 is 1.72 bits per heavy atom. The average molecular weight is 322 g/mol. The molecule has 0 bridgehead atoms. The van der Waals surface area contributed by atoms with E-state index in [2.05, 4.69) is 20.9 Å². The number of rotatable bonds is 1. The van der Waals surface area contributed by atoms with E-state index >= 15 is 0 Å². The Balaban J connectivity index is 2.19. The van der Waals surface area contributed by atoms with Crippen molar-refractivity contribution >= 4 is 37.5 Å². The minimum absolute atomic E-state index is 0.0328. The Morgan fingerprint density at radius 3 is 2.44 bits per heavy atom. The zero-order valence-electron chi connectivity index (χ0n) is 9.09. The highest BCUT2D eigenvalue weighted by molar-refractivity contribution is 9.10. The second kappa shape index (κ2) is 4.26. The number of halogens is 1. The summed E-state index contributed by atoms with van der Waals surface area (Å²) in [5.41, 5.74) is 1.61. The molecule has 2 N–H and O–H groups in total. The normalized spacial score (nSPS) is 10.9. The van der Waals surface area contributed by atoms with Crippen LogP contribution in [0, 0.1) is 0 Å². The molecule has 0 unspecified atom stereocenters. The minimum Gasteiger partial charge on any atom is -0.508 e. The molecule has 3 rings (SSSR count). The minimum atomic E-state index is 0.0328. The van der Waals surface area contributed by atoms with Gasteiger partial charge >= 0.3 is 0 Å². The first-order valence-corrected chi connectivity index (χ1v) is 6.82. The van der Waals surface area contributed by atoms with E-state index in [0.717, 1.165) is 19.7 Å². The summed E-state index contributed by atoms with van der Waals surface area (Å²) in [5, 5.41) is 19.7. The van der Waals surface area contributed by atoms with Crippen LogP contribution in [0.4, 0.5) is 0 Å². The third-order valence-electron chi connectivity index (χ3n) is 2.50. The Labute approximate surface area is 115 Å². The number of benzene rings is 2. The fourth-order valence-electron chi connectivity index (χ4n) is 1.74. The van der Waals surface area contributed by atoms with Gasteiger partial charge in [-0.1, -0.05) is 15.9 Å². The predicted molar refractivity (Wildman–Crippen MR) is 76.1 cm³/mol. The Bertz CT molecular complexity index is 719. The second-order valence-electron chi connectivity index (χ2n) is 3.87. The molecule has 3 aromatic rings. The maximum absolute atomic E-state index is 9.48. The van der Waals surface area contributed by atoms with Crippen molar-refractivity contribution in [2.24, 2.45) is 0 Å². The molecule has 90 valence electrons. The van der Waals surface area contributed by atoms with Crippen LogP contribution in [0.5, 0.6) is 11.5 Å². The van der Waals surface area contributed by atoms with Crippen molar-refractivity contribution < 1.29 is 10.2 Å². The molecule has 1 heterocycles. The molecule has 18 heavy (non-hydrogen) atoms. The van der Waals surface area contributed by atoms with Crippen LogP contribution in [0.15, 0.2) is 40.9 Å². The van der Waals surface area contributed by atoms with Crippen LogP contribution in [0.25, 0.3) is 20.8 Å². The molecule has 0 fully saturated rings. The largest absolute Gasteiger partial charge is 0.508 e. The van der Waals surface area contributed by atoms with E-state index in [9.17, 15) is 10.2 Å². The zero-order valence-corrected chi connectivity index (χ0v) is 11.5. The van der Waals surface area contributed by atoms with Crippen molar-refractivity contribution in [3.63, 3.8) is 0 Å². The summed E-state index contributed by atoms with van der Waals surface area (Å²) >= 11 is 4.93. The van der Waals surface area contributed by atoms with Crippen molar-refractivity contribution in [3.8, 4) is 22.1 Å². The molecule has 3 nitrogen and oxygen atoms in total. The van der Waals surface area contributed by atoms with Crippen LogP contribution < -0.4 is 0 Å². The van der Waals surface area contributed by atoms with E-state index in [0.29, 0.717) is 5.56 Å². The lowest BCUT2D eigenvalue weighted by atomic mass is 10.2. The van der Waals surface area contributed by atoms with Gasteiger partial charge in [0.2, 0.25) is 0 Å². The Hall–Kier alpha value is -1.59. The molecule has 2 aromatic carbocycles. The first-order valence-electron chi connectivity index (χ1n) is 5.21. The van der Waals surface area contributed by atoms with Crippen molar-refractivity contribution in [1.82, 2.24) is 4.98 Å². The van der Waals surface area contributed by atoms with Gasteiger partial charge in [0.25, 0.3) is 0 Å². The molecule has 0 aliphatic rings. The maximum atomic E-state index is 9.48. The molecule has 0 aliphatic carbocycles. The number of fused-ring (bicyclic) bond motifs is 1. The van der Waals surface area contributed by atoms with Gasteiger partial charge in [-0.05, 0) is 30.3 Å². The molecule has 0 aliphatic heterocycles. The second-order valence-corrected chi connectivity index (χ2v) is 5.82. The van der Waals surface area contributed by atoms with Crippen molar-refractivity contribution in [2.75, 3.05) is 0 Å². The third-order valence-corrected chi connectivity index (χ3v) is 4.08. The van der Waals surface area contributed by atoms with Gasteiger partial charge in [-0.15, -0.1) is 11.3 Å². The van der Waals surface area contributed by atoms with Gasteiger partial charge in [0.1, 0.15) is 16.5 Å². The maximum Gasteiger partial charge on any atom is 0.124 e. The van der Waals surface area contributed by atoms with E-state index in [1.165, 1.54) is 17.4 Å². The van der Waals surface area contributed by atoms with Crippen LogP contribution in [0.2, 0.25) is 0 Å². The van der Waals surface area contributed by atoms with Crippen LogP contribution in [0.1, 0.15) is 0 Å². The molecule has 0 saturated carbocycles. The first-order chi connectivity index (χ1) is 8.61. The van der Waals surface area contributed by atoms with Gasteiger partial charge < -0.3 is 10.2 Å². The monoisotopic (exact) mass is 321 g/mol. The van der Waals surface area contributed by atoms with E-state index < -0.39 is 0 Å². The molecule has 0 amide bonds. The summed E-state index contributed by atoms with van der Waals surface area (Å²) < 4.78 is 2.04. The summed E-state index contributed by atoms with van der Waals surface area (Å²) in [6.45, 7) is 0. The molecule has 0 spiro atoms. The third kappa shape index (κ3) is 2.07. The molecule has 0 atom stereocenters. The van der Waals surface area contributed by atoms with Crippen LogP contribution in [0.3, 0.4) is 0 Å². The van der Waals surface area contributed by atoms with Gasteiger partial charge in [-0.3, -0.25) is 0 Å². The SMILES string of the molecule is Oc1cc(O)cc(-c2nc3cc(Br)ccc3s2)c1. The predicted octanol–water partition coefficient (Wildman–Crippen LogP) is 4.14. The number of nitrogens with zero attached hydrogens (tertiary/aromatic N) is 1. The molecule has 0 radical (unpaired) electrons. The van der Waals surface area contributed by atoms with E-state index in [1.807, 2.05) is 18.2 Å². The smallest absolute Gasteiger partial charge is 0.124 e. The van der Waals surface area contributed by atoms with Gasteiger partial charge in [0, 0.05) is 16.1 Å². The van der Waals surface area contributed by atoms with Crippen molar-refractivity contribution in [3.05, 3.63) is 40.9 Å². The highest BCUT2D eigenvalue weighted by Gasteiger charge is 2.08. The lowest BCUT2D eigenvalue weighted by molar-refractivity contribution is 0.451. The summed E-state index contributed by atoms with van der Waals surface area (Å²) in [4.78, 5) is 4.49. The van der Waals surface area contributed by atoms with Gasteiger partial charge in [0.05, 0.1) is 10.2 Å². The zero-order chi connectivity index (χ0) is 12.7. The summed E-state index contributed by atoms with van der Waals surface area (Å²) in [6.07, 6.45) is 0. The average Bonchev–Trinajstić information content (AvgIpc) is 2.70. The highest BCUT2D eigenvalue weighted by atomic mass is 79.9. The lowest BCUT2D eigenvalue weighted by Crippen LogP contribution is -1.76. The van der Waals surface area contributed by atoms with E-state index in [1.54, 1.807) is 12.1 Å². The van der Waals surface area contributed by atoms with Gasteiger partial charge in [0.15, 0.2) is 0 Å². The van der Waals surface area contributed by atoms with Crippen LogP contribution in [-0.4, -0.2) is 15.2 Å². The molecule has 5 heteroatoms. The standard InChI is InChI=1S/C13H8BrNO2S/c14-8-1-2-12-11(5-8)15-13(18-12)7-3-9(16)6-10(17)4-7/h1-6,16-17H. The summed E-state index contributed by atoms with van der Waals surface area (Å²) in [7, 11) is 0. The number of phenolic OH excluding ortho intramolecular Hbond substituents is 2. The van der Waals surface area contributed by atoms with Gasteiger partial charge in [-0.25, -0.2) is 4.98 Å². The Kier molecular flexibility index (Phi) is 2.72. The number of thiazole rings is 1. The quantitative estimate of drug-likeness (QED) is 0.708. The number of aromatic nitrogens is 1. The Morgan fingerprint density at radius 1 is 1.00 bits per heavy atom. The molecule has 0 saturated heterocycles. The first kappa shape index (κ1) is 11.5. The van der Waals surface area contributed by atoms with E-state index in [4.69, 9.17) is 0 Å². The highest BCUT2D eigenvalue weighted by Crippen LogP contribution is 2.34.